The van der Waals surface area contributed by atoms with E-state index in [1.54, 1.807) is 7.11 Å². The number of hydrogen-bond donors (Lipinski definition) is 2. The number of nitrogens with zero attached hydrogens (tertiary/aromatic N) is 1. The van der Waals surface area contributed by atoms with Gasteiger partial charge >= 0.3 is 0 Å². The summed E-state index contributed by atoms with van der Waals surface area (Å²) in [6, 6.07) is 6.26. The van der Waals surface area contributed by atoms with E-state index in [0.717, 1.165) is 35.4 Å². The van der Waals surface area contributed by atoms with E-state index in [4.69, 9.17) is 10.5 Å². The average molecular weight is 245 g/mol. The number of aromatic amines is 1. The summed E-state index contributed by atoms with van der Waals surface area (Å²) < 4.78 is 5.23. The van der Waals surface area contributed by atoms with Crippen molar-refractivity contribution < 1.29 is 4.74 Å². The summed E-state index contributed by atoms with van der Waals surface area (Å²) in [7, 11) is 1.68. The van der Waals surface area contributed by atoms with Gasteiger partial charge in [-0.2, -0.15) is 0 Å². The van der Waals surface area contributed by atoms with Crippen molar-refractivity contribution in [2.45, 2.75) is 37.6 Å². The zero-order valence-corrected chi connectivity index (χ0v) is 10.6. The van der Waals surface area contributed by atoms with Crippen LogP contribution >= 0.6 is 0 Å². The maximum Gasteiger partial charge on any atom is 0.121 e. The van der Waals surface area contributed by atoms with Gasteiger partial charge in [0.1, 0.15) is 11.6 Å². The third-order valence-corrected chi connectivity index (χ3v) is 3.81. The predicted octanol–water partition coefficient (Wildman–Crippen LogP) is 2.56. The van der Waals surface area contributed by atoms with E-state index in [2.05, 4.69) is 9.97 Å². The first-order valence-corrected chi connectivity index (χ1v) is 6.55. The first kappa shape index (κ1) is 11.5. The van der Waals surface area contributed by atoms with E-state index in [0.29, 0.717) is 12.0 Å². The zero-order chi connectivity index (χ0) is 12.5. The van der Waals surface area contributed by atoms with Crippen molar-refractivity contribution >= 4 is 11.0 Å². The molecule has 0 radical (unpaired) electrons. The zero-order valence-electron chi connectivity index (χ0n) is 10.6. The molecule has 2 aromatic rings. The molecule has 4 heteroatoms. The molecule has 3 rings (SSSR count). The van der Waals surface area contributed by atoms with Crippen LogP contribution in [0.4, 0.5) is 0 Å². The van der Waals surface area contributed by atoms with Gasteiger partial charge in [-0.25, -0.2) is 4.98 Å². The maximum absolute atomic E-state index is 6.04. The predicted molar refractivity (Wildman–Crippen MR) is 71.8 cm³/mol. The van der Waals surface area contributed by atoms with Crippen molar-refractivity contribution in [3.8, 4) is 5.75 Å². The molecule has 3 N–H and O–H groups in total. The van der Waals surface area contributed by atoms with Crippen LogP contribution in [-0.2, 0) is 0 Å². The topological polar surface area (TPSA) is 63.9 Å². The fraction of sp³-hybridized carbons (Fsp3) is 0.500. The van der Waals surface area contributed by atoms with Gasteiger partial charge in [0.05, 0.1) is 18.1 Å². The van der Waals surface area contributed by atoms with Crippen LogP contribution in [0.15, 0.2) is 18.2 Å². The Bertz CT molecular complexity index is 549. The van der Waals surface area contributed by atoms with Crippen molar-refractivity contribution in [1.82, 2.24) is 9.97 Å². The number of imidazole rings is 1. The van der Waals surface area contributed by atoms with Gasteiger partial charge < -0.3 is 15.5 Å². The van der Waals surface area contributed by atoms with E-state index < -0.39 is 0 Å². The lowest BCUT2D eigenvalue weighted by molar-refractivity contribution is 0.384. The van der Waals surface area contributed by atoms with Gasteiger partial charge in [0.2, 0.25) is 0 Å². The van der Waals surface area contributed by atoms with Crippen molar-refractivity contribution in [2.75, 3.05) is 7.11 Å². The molecule has 1 heterocycles. The summed E-state index contributed by atoms with van der Waals surface area (Å²) in [5, 5.41) is 0. The second-order valence-corrected chi connectivity index (χ2v) is 5.13. The highest BCUT2D eigenvalue weighted by molar-refractivity contribution is 5.76. The summed E-state index contributed by atoms with van der Waals surface area (Å²) in [5.41, 5.74) is 8.09. The van der Waals surface area contributed by atoms with Crippen molar-refractivity contribution in [2.24, 2.45) is 5.73 Å². The standard InChI is InChI=1S/C14H19N3O/c1-18-11-5-6-12-13(8-11)17-14(16-12)9-3-2-4-10(15)7-9/h5-6,8-10H,2-4,7,15H2,1H3,(H,16,17). The number of nitrogens with two attached hydrogens (primary N) is 1. The number of fused-ring (bicyclic) bond motifs is 1. The molecule has 1 aromatic carbocycles. The first-order chi connectivity index (χ1) is 8.76. The molecule has 0 saturated heterocycles. The Morgan fingerprint density at radius 3 is 3.06 bits per heavy atom. The molecule has 0 amide bonds. The molecule has 1 aromatic heterocycles. The Balaban J connectivity index is 1.92. The molecule has 1 fully saturated rings. The SMILES string of the molecule is COc1ccc2nc(C3CCCC(N)C3)[nH]c2c1. The number of benzene rings is 1. The van der Waals surface area contributed by atoms with E-state index >= 15 is 0 Å². The van der Waals surface area contributed by atoms with Crippen LogP contribution in [0.3, 0.4) is 0 Å². The quantitative estimate of drug-likeness (QED) is 0.854. The molecule has 2 atom stereocenters. The minimum atomic E-state index is 0.325. The van der Waals surface area contributed by atoms with E-state index in [9.17, 15) is 0 Å². The minimum absolute atomic E-state index is 0.325. The normalized spacial score (nSPS) is 24.3. The second-order valence-electron chi connectivity index (χ2n) is 5.13. The fourth-order valence-corrected chi connectivity index (χ4v) is 2.80. The summed E-state index contributed by atoms with van der Waals surface area (Å²) in [6.07, 6.45) is 4.57. The van der Waals surface area contributed by atoms with Gasteiger partial charge in [0.25, 0.3) is 0 Å². The van der Waals surface area contributed by atoms with Gasteiger partial charge in [-0.1, -0.05) is 6.42 Å². The first-order valence-electron chi connectivity index (χ1n) is 6.55. The molecule has 1 aliphatic rings. The van der Waals surface area contributed by atoms with E-state index in [-0.39, 0.29) is 0 Å². The maximum atomic E-state index is 6.04. The number of rotatable bonds is 2. The third-order valence-electron chi connectivity index (χ3n) is 3.81. The van der Waals surface area contributed by atoms with Crippen molar-refractivity contribution in [3.05, 3.63) is 24.0 Å². The number of methoxy groups -OCH3 is 1. The highest BCUT2D eigenvalue weighted by Crippen LogP contribution is 2.32. The Kier molecular flexibility index (Phi) is 2.96. The monoisotopic (exact) mass is 245 g/mol. The molecule has 96 valence electrons. The molecule has 2 unspecified atom stereocenters. The number of nitrogens with one attached hydrogen (secondary N) is 1. The highest BCUT2D eigenvalue weighted by atomic mass is 16.5. The van der Waals surface area contributed by atoms with Crippen LogP contribution in [0.1, 0.15) is 37.4 Å². The summed E-state index contributed by atoms with van der Waals surface area (Å²) in [5.74, 6) is 2.42. The van der Waals surface area contributed by atoms with E-state index in [1.807, 2.05) is 18.2 Å². The number of aromatic nitrogens is 2. The summed E-state index contributed by atoms with van der Waals surface area (Å²) in [6.45, 7) is 0. The lowest BCUT2D eigenvalue weighted by Gasteiger charge is -2.24. The van der Waals surface area contributed by atoms with Crippen LogP contribution < -0.4 is 10.5 Å². The van der Waals surface area contributed by atoms with Crippen LogP contribution in [0.25, 0.3) is 11.0 Å². The molecule has 0 aliphatic heterocycles. The number of H-pyrrole nitrogens is 1. The molecular weight excluding hydrogens is 226 g/mol. The van der Waals surface area contributed by atoms with E-state index in [1.165, 1.54) is 12.8 Å². The fourth-order valence-electron chi connectivity index (χ4n) is 2.80. The Morgan fingerprint density at radius 1 is 1.39 bits per heavy atom. The van der Waals surface area contributed by atoms with Crippen LogP contribution in [0.2, 0.25) is 0 Å². The number of hydrogen-bond acceptors (Lipinski definition) is 3. The summed E-state index contributed by atoms with van der Waals surface area (Å²) >= 11 is 0. The molecule has 4 nitrogen and oxygen atoms in total. The van der Waals surface area contributed by atoms with Crippen molar-refractivity contribution in [1.29, 1.82) is 0 Å². The minimum Gasteiger partial charge on any atom is -0.497 e. The molecule has 0 spiro atoms. The third kappa shape index (κ3) is 2.08. The molecule has 0 bridgehead atoms. The van der Waals surface area contributed by atoms with Crippen LogP contribution in [-0.4, -0.2) is 23.1 Å². The average Bonchev–Trinajstić information content (AvgIpc) is 2.81. The molecular formula is C14H19N3O. The Morgan fingerprint density at radius 2 is 2.28 bits per heavy atom. The van der Waals surface area contributed by atoms with Gasteiger partial charge in [0.15, 0.2) is 0 Å². The number of ether oxygens (including phenoxy) is 1. The Hall–Kier alpha value is -1.55. The van der Waals surface area contributed by atoms with Crippen LogP contribution in [0, 0.1) is 0 Å². The van der Waals surface area contributed by atoms with Crippen molar-refractivity contribution in [3.63, 3.8) is 0 Å². The van der Waals surface area contributed by atoms with Gasteiger partial charge in [0, 0.05) is 18.0 Å². The van der Waals surface area contributed by atoms with Gasteiger partial charge in [-0.3, -0.25) is 0 Å². The lowest BCUT2D eigenvalue weighted by Crippen LogP contribution is -2.27. The lowest BCUT2D eigenvalue weighted by atomic mass is 9.86. The summed E-state index contributed by atoms with van der Waals surface area (Å²) in [4.78, 5) is 8.09. The largest absolute Gasteiger partial charge is 0.497 e. The smallest absolute Gasteiger partial charge is 0.121 e. The molecule has 18 heavy (non-hydrogen) atoms. The van der Waals surface area contributed by atoms with Crippen LogP contribution in [0.5, 0.6) is 5.75 Å². The molecule has 1 saturated carbocycles. The van der Waals surface area contributed by atoms with Gasteiger partial charge in [-0.05, 0) is 31.4 Å². The highest BCUT2D eigenvalue weighted by Gasteiger charge is 2.23. The molecule has 1 aliphatic carbocycles. The Labute approximate surface area is 107 Å². The second kappa shape index (κ2) is 4.61. The van der Waals surface area contributed by atoms with Gasteiger partial charge in [-0.15, -0.1) is 0 Å².